The number of carbonyl (C=O) groups excluding carboxylic acids is 1. The van der Waals surface area contributed by atoms with E-state index in [1.54, 1.807) is 41.3 Å². The number of piperazine rings is 1. The van der Waals surface area contributed by atoms with Crippen LogP contribution in [0, 0.1) is 11.3 Å². The fraction of sp³-hybridized carbons (Fsp3) is 0.273. The summed E-state index contributed by atoms with van der Waals surface area (Å²) in [6.45, 7) is 0.704. The maximum atomic E-state index is 12.9. The number of benzene rings is 2. The zero-order chi connectivity index (χ0) is 23.6. The lowest BCUT2D eigenvalue weighted by atomic mass is 10.2. The van der Waals surface area contributed by atoms with Crippen LogP contribution in [0.15, 0.2) is 63.0 Å². The van der Waals surface area contributed by atoms with Crippen LogP contribution in [0.5, 0.6) is 0 Å². The minimum absolute atomic E-state index is 0.0277. The van der Waals surface area contributed by atoms with Crippen LogP contribution in [0.3, 0.4) is 0 Å². The molecule has 2 aromatic carbocycles. The number of para-hydroxylation sites is 1. The van der Waals surface area contributed by atoms with Crippen molar-refractivity contribution < 1.29 is 13.2 Å². The molecule has 0 unspecified atom stereocenters. The van der Waals surface area contributed by atoms with Crippen molar-refractivity contribution in [2.24, 2.45) is 0 Å². The highest BCUT2D eigenvalue weighted by atomic mass is 32.2. The van der Waals surface area contributed by atoms with E-state index in [-0.39, 0.29) is 55.5 Å². The van der Waals surface area contributed by atoms with Gasteiger partial charge in [0.05, 0.1) is 21.4 Å². The molecule has 10 nitrogen and oxygen atoms in total. The summed E-state index contributed by atoms with van der Waals surface area (Å²) in [6, 6.07) is 14.6. The third-order valence-corrected chi connectivity index (χ3v) is 7.63. The molecule has 1 aliphatic rings. The largest absolute Gasteiger partial charge is 0.340 e. The molecule has 0 atom stereocenters. The standard InChI is InChI=1S/C22H21N5O5S/c23-15-16-5-1-4-8-19(16)33(31,32)26-13-11-25(12-14-26)20(28)9-10-27-18-7-3-2-6-17(18)21(29)24-22(27)30/h1-8H,9-14H2,(H,24,29,30). The van der Waals surface area contributed by atoms with Crippen molar-refractivity contribution in [3.8, 4) is 6.07 Å². The fourth-order valence-corrected chi connectivity index (χ4v) is 5.50. The van der Waals surface area contributed by atoms with E-state index in [1.165, 1.54) is 21.0 Å². The zero-order valence-corrected chi connectivity index (χ0v) is 18.4. The number of aromatic amines is 1. The Balaban J connectivity index is 1.43. The van der Waals surface area contributed by atoms with Gasteiger partial charge in [0, 0.05) is 39.1 Å². The third-order valence-electron chi connectivity index (χ3n) is 5.67. The van der Waals surface area contributed by atoms with Gasteiger partial charge in [0.1, 0.15) is 6.07 Å². The second-order valence-corrected chi connectivity index (χ2v) is 9.48. The first kappa shape index (κ1) is 22.4. The highest BCUT2D eigenvalue weighted by Crippen LogP contribution is 2.21. The van der Waals surface area contributed by atoms with Gasteiger partial charge in [-0.3, -0.25) is 19.1 Å². The van der Waals surface area contributed by atoms with Gasteiger partial charge in [-0.25, -0.2) is 13.2 Å². The molecule has 4 rings (SSSR count). The van der Waals surface area contributed by atoms with Gasteiger partial charge in [-0.1, -0.05) is 24.3 Å². The first-order chi connectivity index (χ1) is 15.8. The maximum Gasteiger partial charge on any atom is 0.328 e. The molecule has 3 aromatic rings. The van der Waals surface area contributed by atoms with E-state index in [0.717, 1.165) is 0 Å². The summed E-state index contributed by atoms with van der Waals surface area (Å²) in [6.07, 6.45) is 0.0277. The fourth-order valence-electron chi connectivity index (χ4n) is 3.93. The van der Waals surface area contributed by atoms with Crippen molar-refractivity contribution in [1.29, 1.82) is 5.26 Å². The monoisotopic (exact) mass is 467 g/mol. The van der Waals surface area contributed by atoms with E-state index in [0.29, 0.717) is 10.9 Å². The Bertz CT molecular complexity index is 1480. The molecule has 0 aliphatic carbocycles. The summed E-state index contributed by atoms with van der Waals surface area (Å²) >= 11 is 0. The predicted molar refractivity (Wildman–Crippen MR) is 120 cm³/mol. The molecule has 1 N–H and O–H groups in total. The van der Waals surface area contributed by atoms with E-state index in [2.05, 4.69) is 4.98 Å². The van der Waals surface area contributed by atoms with E-state index in [9.17, 15) is 28.1 Å². The topological polar surface area (TPSA) is 136 Å². The highest BCUT2D eigenvalue weighted by Gasteiger charge is 2.31. The number of rotatable bonds is 5. The molecular formula is C22H21N5O5S. The number of nitrogens with zero attached hydrogens (tertiary/aromatic N) is 4. The van der Waals surface area contributed by atoms with Gasteiger partial charge < -0.3 is 4.90 Å². The quantitative estimate of drug-likeness (QED) is 0.580. The lowest BCUT2D eigenvalue weighted by Crippen LogP contribution is -2.50. The molecular weight excluding hydrogens is 446 g/mol. The Morgan fingerprint density at radius 1 is 1.00 bits per heavy atom. The maximum absolute atomic E-state index is 12.9. The Morgan fingerprint density at radius 2 is 1.67 bits per heavy atom. The van der Waals surface area contributed by atoms with Gasteiger partial charge in [-0.2, -0.15) is 9.57 Å². The zero-order valence-electron chi connectivity index (χ0n) is 17.6. The molecule has 170 valence electrons. The summed E-state index contributed by atoms with van der Waals surface area (Å²) < 4.78 is 28.5. The first-order valence-corrected chi connectivity index (χ1v) is 11.8. The van der Waals surface area contributed by atoms with E-state index >= 15 is 0 Å². The van der Waals surface area contributed by atoms with Crippen LogP contribution in [0.2, 0.25) is 0 Å². The summed E-state index contributed by atoms with van der Waals surface area (Å²) in [7, 11) is -3.85. The van der Waals surface area contributed by atoms with Crippen molar-refractivity contribution in [2.45, 2.75) is 17.9 Å². The molecule has 0 saturated carbocycles. The second kappa shape index (κ2) is 9.01. The lowest BCUT2D eigenvalue weighted by Gasteiger charge is -2.34. The van der Waals surface area contributed by atoms with Crippen LogP contribution in [0.1, 0.15) is 12.0 Å². The summed E-state index contributed by atoms with van der Waals surface area (Å²) in [5.41, 5.74) is -0.534. The summed E-state index contributed by atoms with van der Waals surface area (Å²) in [5.74, 6) is -0.216. The molecule has 1 aromatic heterocycles. The molecule has 0 spiro atoms. The smallest absolute Gasteiger partial charge is 0.328 e. The number of hydrogen-bond donors (Lipinski definition) is 1. The van der Waals surface area contributed by atoms with E-state index < -0.39 is 21.3 Å². The summed E-state index contributed by atoms with van der Waals surface area (Å²) in [4.78, 5) is 40.8. The minimum Gasteiger partial charge on any atom is -0.340 e. The predicted octanol–water partition coefficient (Wildman–Crippen LogP) is 0.485. The minimum atomic E-state index is -3.85. The van der Waals surface area contributed by atoms with Crippen molar-refractivity contribution >= 4 is 26.8 Å². The third kappa shape index (κ3) is 4.30. The van der Waals surface area contributed by atoms with Crippen molar-refractivity contribution in [2.75, 3.05) is 26.2 Å². The molecule has 1 aliphatic heterocycles. The van der Waals surface area contributed by atoms with E-state index in [1.807, 2.05) is 6.07 Å². The number of nitrogens with one attached hydrogen (secondary N) is 1. The molecule has 1 fully saturated rings. The van der Waals surface area contributed by atoms with Gasteiger partial charge in [-0.05, 0) is 24.3 Å². The number of aromatic nitrogens is 2. The van der Waals surface area contributed by atoms with Crippen molar-refractivity contribution in [1.82, 2.24) is 18.8 Å². The second-order valence-electron chi connectivity index (χ2n) is 7.57. The number of carbonyl (C=O) groups is 1. The number of nitriles is 1. The van der Waals surface area contributed by atoms with Gasteiger partial charge in [0.15, 0.2) is 0 Å². The van der Waals surface area contributed by atoms with Crippen molar-refractivity contribution in [3.63, 3.8) is 0 Å². The molecule has 11 heteroatoms. The van der Waals surface area contributed by atoms with Gasteiger partial charge in [0.2, 0.25) is 15.9 Å². The molecule has 2 heterocycles. The average molecular weight is 468 g/mol. The highest BCUT2D eigenvalue weighted by molar-refractivity contribution is 7.89. The molecule has 33 heavy (non-hydrogen) atoms. The normalized spacial score (nSPS) is 14.8. The Labute approximate surface area is 189 Å². The number of hydrogen-bond acceptors (Lipinski definition) is 6. The summed E-state index contributed by atoms with van der Waals surface area (Å²) in [5, 5.41) is 9.58. The first-order valence-electron chi connectivity index (χ1n) is 10.3. The van der Waals surface area contributed by atoms with E-state index in [4.69, 9.17) is 0 Å². The molecule has 1 amide bonds. The number of amides is 1. The Hall–Kier alpha value is -3.75. The Kier molecular flexibility index (Phi) is 6.13. The van der Waals surface area contributed by atoms with Crippen LogP contribution >= 0.6 is 0 Å². The number of sulfonamides is 1. The van der Waals surface area contributed by atoms with Gasteiger partial charge >= 0.3 is 5.69 Å². The Morgan fingerprint density at radius 3 is 2.39 bits per heavy atom. The molecule has 1 saturated heterocycles. The number of aryl methyl sites for hydroxylation is 1. The molecule has 0 radical (unpaired) electrons. The van der Waals surface area contributed by atoms with Crippen LogP contribution in [-0.2, 0) is 21.4 Å². The van der Waals surface area contributed by atoms with Crippen molar-refractivity contribution in [3.05, 3.63) is 74.9 Å². The lowest BCUT2D eigenvalue weighted by molar-refractivity contribution is -0.132. The molecule has 0 bridgehead atoms. The van der Waals surface area contributed by atoms with Crippen LogP contribution in [0.25, 0.3) is 10.9 Å². The number of H-pyrrole nitrogens is 1. The average Bonchev–Trinajstić information content (AvgIpc) is 2.83. The number of fused-ring (bicyclic) bond motifs is 1. The SMILES string of the molecule is N#Cc1ccccc1S(=O)(=O)N1CCN(C(=O)CCn2c(=O)[nH]c(=O)c3ccccc32)CC1. The van der Waals surface area contributed by atoms with Crippen LogP contribution in [-0.4, -0.2) is 59.3 Å². The van der Waals surface area contributed by atoms with Crippen LogP contribution < -0.4 is 11.2 Å². The van der Waals surface area contributed by atoms with Crippen LogP contribution in [0.4, 0.5) is 0 Å². The van der Waals surface area contributed by atoms with Gasteiger partial charge in [-0.15, -0.1) is 0 Å². The van der Waals surface area contributed by atoms with Gasteiger partial charge in [0.25, 0.3) is 5.56 Å².